The average Bonchev–Trinajstić information content (AvgIpc) is 2.49. The van der Waals surface area contributed by atoms with Crippen molar-refractivity contribution in [1.29, 1.82) is 0 Å². The summed E-state index contributed by atoms with van der Waals surface area (Å²) in [5.74, 6) is 0.681. The smallest absolute Gasteiger partial charge is 0.253 e. The van der Waals surface area contributed by atoms with E-state index in [4.69, 9.17) is 10.5 Å². The Morgan fingerprint density at radius 1 is 1.24 bits per heavy atom. The van der Waals surface area contributed by atoms with Crippen LogP contribution in [0.2, 0.25) is 0 Å². The molecule has 0 aliphatic heterocycles. The van der Waals surface area contributed by atoms with Gasteiger partial charge in [0.15, 0.2) is 0 Å². The van der Waals surface area contributed by atoms with Gasteiger partial charge in [-0.15, -0.1) is 0 Å². The lowest BCUT2D eigenvalue weighted by Crippen LogP contribution is -2.26. The molecule has 4 nitrogen and oxygen atoms in total. The molecule has 0 saturated carbocycles. The van der Waals surface area contributed by atoms with Gasteiger partial charge in [0, 0.05) is 12.2 Å². The third-order valence-electron chi connectivity index (χ3n) is 3.29. The predicted molar refractivity (Wildman–Crippen MR) is 84.6 cm³/mol. The maximum absolute atomic E-state index is 12.1. The molecule has 0 aromatic heterocycles. The lowest BCUT2D eigenvalue weighted by Gasteiger charge is -2.09. The first kappa shape index (κ1) is 14.9. The van der Waals surface area contributed by atoms with E-state index < -0.39 is 0 Å². The molecule has 0 bridgehead atoms. The van der Waals surface area contributed by atoms with Crippen molar-refractivity contribution in [3.05, 3.63) is 59.2 Å². The van der Waals surface area contributed by atoms with Crippen LogP contribution in [0.4, 0.5) is 5.69 Å². The number of hydrogen-bond acceptors (Lipinski definition) is 3. The molecule has 0 unspecified atom stereocenters. The first-order valence-electron chi connectivity index (χ1n) is 6.87. The highest BCUT2D eigenvalue weighted by Crippen LogP contribution is 2.14. The highest BCUT2D eigenvalue weighted by Gasteiger charge is 2.09. The number of anilines is 1. The van der Waals surface area contributed by atoms with E-state index >= 15 is 0 Å². The van der Waals surface area contributed by atoms with Gasteiger partial charge in [-0.1, -0.05) is 23.8 Å². The molecule has 110 valence electrons. The van der Waals surface area contributed by atoms with Crippen LogP contribution in [0, 0.1) is 6.92 Å². The van der Waals surface area contributed by atoms with Gasteiger partial charge in [-0.3, -0.25) is 4.79 Å². The largest absolute Gasteiger partial charge is 0.497 e. The SMILES string of the molecule is COc1cccc(CCNC(=O)c2cc(C)ccc2N)c1. The van der Waals surface area contributed by atoms with Crippen LogP contribution in [0.1, 0.15) is 21.5 Å². The lowest BCUT2D eigenvalue weighted by molar-refractivity contribution is 0.0955. The molecule has 3 N–H and O–H groups in total. The Kier molecular flexibility index (Phi) is 4.82. The minimum atomic E-state index is -0.140. The van der Waals surface area contributed by atoms with Crippen molar-refractivity contribution in [2.75, 3.05) is 19.4 Å². The van der Waals surface area contributed by atoms with E-state index in [1.54, 1.807) is 19.2 Å². The fourth-order valence-corrected chi connectivity index (χ4v) is 2.11. The molecule has 1 amide bonds. The molecule has 2 rings (SSSR count). The third kappa shape index (κ3) is 3.99. The van der Waals surface area contributed by atoms with E-state index in [9.17, 15) is 4.79 Å². The Bertz CT molecular complexity index is 638. The topological polar surface area (TPSA) is 64.3 Å². The quantitative estimate of drug-likeness (QED) is 0.829. The van der Waals surface area contributed by atoms with E-state index in [1.807, 2.05) is 37.3 Å². The first-order chi connectivity index (χ1) is 10.1. The number of nitrogens with one attached hydrogen (secondary N) is 1. The number of nitrogen functional groups attached to an aromatic ring is 1. The third-order valence-corrected chi connectivity index (χ3v) is 3.29. The fourth-order valence-electron chi connectivity index (χ4n) is 2.11. The maximum Gasteiger partial charge on any atom is 0.253 e. The molecule has 0 fully saturated rings. The lowest BCUT2D eigenvalue weighted by atomic mass is 10.1. The van der Waals surface area contributed by atoms with Crippen molar-refractivity contribution in [2.24, 2.45) is 0 Å². The molecule has 0 aliphatic carbocycles. The van der Waals surface area contributed by atoms with E-state index in [1.165, 1.54) is 0 Å². The highest BCUT2D eigenvalue weighted by atomic mass is 16.5. The van der Waals surface area contributed by atoms with Gasteiger partial charge in [0.1, 0.15) is 5.75 Å². The molecule has 0 heterocycles. The second-order valence-corrected chi connectivity index (χ2v) is 4.95. The number of carbonyl (C=O) groups is 1. The minimum absolute atomic E-state index is 0.140. The normalized spacial score (nSPS) is 10.2. The number of benzene rings is 2. The standard InChI is InChI=1S/C17H20N2O2/c1-12-6-7-16(18)15(10-12)17(20)19-9-8-13-4-3-5-14(11-13)21-2/h3-7,10-11H,8-9,18H2,1-2H3,(H,19,20). The molecule has 0 aliphatic rings. The minimum Gasteiger partial charge on any atom is -0.497 e. The summed E-state index contributed by atoms with van der Waals surface area (Å²) in [5, 5.41) is 2.89. The molecule has 21 heavy (non-hydrogen) atoms. The Morgan fingerprint density at radius 2 is 2.05 bits per heavy atom. The molecule has 0 saturated heterocycles. The summed E-state index contributed by atoms with van der Waals surface area (Å²) in [4.78, 5) is 12.1. The summed E-state index contributed by atoms with van der Waals surface area (Å²) in [5.41, 5.74) is 8.99. The number of aryl methyl sites for hydroxylation is 1. The summed E-state index contributed by atoms with van der Waals surface area (Å²) in [7, 11) is 1.64. The van der Waals surface area contributed by atoms with Gasteiger partial charge in [-0.25, -0.2) is 0 Å². The molecular weight excluding hydrogens is 264 g/mol. The van der Waals surface area contributed by atoms with Crippen LogP contribution < -0.4 is 15.8 Å². The van der Waals surface area contributed by atoms with Crippen molar-refractivity contribution in [2.45, 2.75) is 13.3 Å². The van der Waals surface area contributed by atoms with Gasteiger partial charge in [-0.05, 0) is 43.2 Å². The first-order valence-corrected chi connectivity index (χ1v) is 6.87. The summed E-state index contributed by atoms with van der Waals surface area (Å²) in [6.45, 7) is 2.49. The Labute approximate surface area is 124 Å². The van der Waals surface area contributed by atoms with Gasteiger partial charge >= 0.3 is 0 Å². The number of amides is 1. The average molecular weight is 284 g/mol. The zero-order valence-corrected chi connectivity index (χ0v) is 12.3. The monoisotopic (exact) mass is 284 g/mol. The Hall–Kier alpha value is -2.49. The van der Waals surface area contributed by atoms with Crippen LogP contribution in [0.3, 0.4) is 0 Å². The summed E-state index contributed by atoms with van der Waals surface area (Å²) in [6.07, 6.45) is 0.745. The molecule has 0 atom stereocenters. The van der Waals surface area contributed by atoms with E-state index in [2.05, 4.69) is 5.32 Å². The van der Waals surface area contributed by atoms with Crippen LogP contribution >= 0.6 is 0 Å². The van der Waals surface area contributed by atoms with Crippen molar-refractivity contribution in [1.82, 2.24) is 5.32 Å². The summed E-state index contributed by atoms with van der Waals surface area (Å²) >= 11 is 0. The van der Waals surface area contributed by atoms with Crippen LogP contribution in [-0.4, -0.2) is 19.6 Å². The van der Waals surface area contributed by atoms with Crippen LogP contribution in [0.5, 0.6) is 5.75 Å². The van der Waals surface area contributed by atoms with Gasteiger partial charge < -0.3 is 15.8 Å². The molecule has 4 heteroatoms. The van der Waals surface area contributed by atoms with Crippen molar-refractivity contribution in [3.63, 3.8) is 0 Å². The molecular formula is C17H20N2O2. The zero-order chi connectivity index (χ0) is 15.2. The van der Waals surface area contributed by atoms with Crippen LogP contribution in [0.25, 0.3) is 0 Å². The van der Waals surface area contributed by atoms with E-state index in [0.29, 0.717) is 17.8 Å². The molecule has 2 aromatic carbocycles. The summed E-state index contributed by atoms with van der Waals surface area (Å²) in [6, 6.07) is 13.3. The zero-order valence-electron chi connectivity index (χ0n) is 12.3. The van der Waals surface area contributed by atoms with E-state index in [-0.39, 0.29) is 5.91 Å². The van der Waals surface area contributed by atoms with Crippen molar-refractivity contribution < 1.29 is 9.53 Å². The number of hydrogen-bond donors (Lipinski definition) is 2. The Balaban J connectivity index is 1.93. The maximum atomic E-state index is 12.1. The van der Waals surface area contributed by atoms with Crippen molar-refractivity contribution in [3.8, 4) is 5.75 Å². The fraction of sp³-hybridized carbons (Fsp3) is 0.235. The summed E-state index contributed by atoms with van der Waals surface area (Å²) < 4.78 is 5.18. The molecule has 0 spiro atoms. The highest BCUT2D eigenvalue weighted by molar-refractivity contribution is 5.99. The van der Waals surface area contributed by atoms with Gasteiger partial charge in [0.05, 0.1) is 12.7 Å². The number of methoxy groups -OCH3 is 1. The second-order valence-electron chi connectivity index (χ2n) is 4.95. The van der Waals surface area contributed by atoms with Gasteiger partial charge in [-0.2, -0.15) is 0 Å². The van der Waals surface area contributed by atoms with Crippen LogP contribution in [-0.2, 0) is 6.42 Å². The number of nitrogens with two attached hydrogens (primary N) is 1. The van der Waals surface area contributed by atoms with E-state index in [0.717, 1.165) is 23.3 Å². The van der Waals surface area contributed by atoms with Crippen molar-refractivity contribution >= 4 is 11.6 Å². The second kappa shape index (κ2) is 6.79. The van der Waals surface area contributed by atoms with Crippen LogP contribution in [0.15, 0.2) is 42.5 Å². The molecule has 0 radical (unpaired) electrons. The van der Waals surface area contributed by atoms with Gasteiger partial charge in [0.25, 0.3) is 5.91 Å². The Morgan fingerprint density at radius 3 is 2.81 bits per heavy atom. The van der Waals surface area contributed by atoms with Gasteiger partial charge in [0.2, 0.25) is 0 Å². The predicted octanol–water partition coefficient (Wildman–Crippen LogP) is 2.56. The molecule has 2 aromatic rings. The number of rotatable bonds is 5. The number of ether oxygens (including phenoxy) is 1. The number of carbonyl (C=O) groups excluding carboxylic acids is 1.